The summed E-state index contributed by atoms with van der Waals surface area (Å²) in [6.07, 6.45) is 0. The van der Waals surface area contributed by atoms with Crippen LogP contribution >= 0.6 is 22.9 Å². The summed E-state index contributed by atoms with van der Waals surface area (Å²) in [6, 6.07) is 17.4. The van der Waals surface area contributed by atoms with E-state index in [0.717, 1.165) is 10.4 Å². The largest absolute Gasteiger partial charge is 0.290 e. The number of nitrogens with one attached hydrogen (secondary N) is 3. The SMILES string of the molecule is O=C(NNC(=O)c1n[nH]c(=O)c2ccccc12)c1ccc(-c2ccc(Cl)cc2)s1. The van der Waals surface area contributed by atoms with Crippen LogP contribution < -0.4 is 16.4 Å². The first-order valence-electron chi connectivity index (χ1n) is 8.47. The number of aromatic nitrogens is 2. The van der Waals surface area contributed by atoms with E-state index in [1.54, 1.807) is 42.5 Å². The number of nitrogens with zero attached hydrogens (tertiary/aromatic N) is 1. The highest BCUT2D eigenvalue weighted by Crippen LogP contribution is 2.28. The Balaban J connectivity index is 1.48. The number of thiophene rings is 1. The van der Waals surface area contributed by atoms with Crippen LogP contribution in [-0.4, -0.2) is 22.0 Å². The molecule has 144 valence electrons. The average Bonchev–Trinajstić information content (AvgIpc) is 3.23. The molecule has 2 aromatic heterocycles. The van der Waals surface area contributed by atoms with E-state index in [9.17, 15) is 14.4 Å². The predicted molar refractivity (Wildman–Crippen MR) is 112 cm³/mol. The first-order chi connectivity index (χ1) is 14.0. The Kier molecular flexibility index (Phi) is 5.11. The van der Waals surface area contributed by atoms with Crippen molar-refractivity contribution in [2.75, 3.05) is 0 Å². The van der Waals surface area contributed by atoms with Crippen molar-refractivity contribution < 1.29 is 9.59 Å². The number of carbonyl (C=O) groups excluding carboxylic acids is 2. The van der Waals surface area contributed by atoms with Crippen LogP contribution in [0.15, 0.2) is 65.5 Å². The summed E-state index contributed by atoms with van der Waals surface area (Å²) >= 11 is 7.18. The number of benzene rings is 2. The molecule has 0 unspecified atom stereocenters. The number of halogens is 1. The second-order valence-corrected chi connectivity index (χ2v) is 7.55. The van der Waals surface area contributed by atoms with Gasteiger partial charge in [0.1, 0.15) is 0 Å². The Morgan fingerprint density at radius 3 is 2.34 bits per heavy atom. The highest BCUT2D eigenvalue weighted by atomic mass is 35.5. The summed E-state index contributed by atoms with van der Waals surface area (Å²) in [4.78, 5) is 38.0. The van der Waals surface area contributed by atoms with Crippen molar-refractivity contribution in [2.24, 2.45) is 0 Å². The molecule has 0 saturated carbocycles. The maximum absolute atomic E-state index is 12.4. The van der Waals surface area contributed by atoms with Gasteiger partial charge in [-0.1, -0.05) is 41.9 Å². The lowest BCUT2D eigenvalue weighted by Crippen LogP contribution is -2.42. The van der Waals surface area contributed by atoms with Crippen molar-refractivity contribution in [2.45, 2.75) is 0 Å². The van der Waals surface area contributed by atoms with E-state index in [4.69, 9.17) is 11.6 Å². The van der Waals surface area contributed by atoms with Crippen molar-refractivity contribution in [1.82, 2.24) is 21.0 Å². The Labute approximate surface area is 173 Å². The summed E-state index contributed by atoms with van der Waals surface area (Å²) < 4.78 is 0. The van der Waals surface area contributed by atoms with Crippen molar-refractivity contribution in [3.8, 4) is 10.4 Å². The molecule has 0 radical (unpaired) electrons. The average molecular weight is 425 g/mol. The van der Waals surface area contributed by atoms with E-state index in [1.165, 1.54) is 11.3 Å². The molecule has 9 heteroatoms. The molecule has 7 nitrogen and oxygen atoms in total. The van der Waals surface area contributed by atoms with E-state index >= 15 is 0 Å². The topological polar surface area (TPSA) is 104 Å². The van der Waals surface area contributed by atoms with Gasteiger partial charge >= 0.3 is 0 Å². The van der Waals surface area contributed by atoms with Gasteiger partial charge in [0.15, 0.2) is 5.69 Å². The van der Waals surface area contributed by atoms with Gasteiger partial charge in [-0.25, -0.2) is 5.10 Å². The number of hydrogen-bond donors (Lipinski definition) is 3. The number of hydrogen-bond acceptors (Lipinski definition) is 5. The third-order valence-corrected chi connectivity index (χ3v) is 5.54. The van der Waals surface area contributed by atoms with Gasteiger partial charge in [-0.15, -0.1) is 11.3 Å². The molecule has 0 fully saturated rings. The summed E-state index contributed by atoms with van der Waals surface area (Å²) in [5.41, 5.74) is 5.25. The van der Waals surface area contributed by atoms with E-state index < -0.39 is 17.4 Å². The fourth-order valence-corrected chi connectivity index (χ4v) is 3.78. The number of fused-ring (bicyclic) bond motifs is 1. The molecule has 3 N–H and O–H groups in total. The van der Waals surface area contributed by atoms with E-state index in [0.29, 0.717) is 20.7 Å². The van der Waals surface area contributed by atoms with Crippen molar-refractivity contribution in [3.05, 3.63) is 86.6 Å². The summed E-state index contributed by atoms with van der Waals surface area (Å²) in [6.45, 7) is 0. The molecule has 0 bridgehead atoms. The minimum absolute atomic E-state index is 0.00790. The van der Waals surface area contributed by atoms with Gasteiger partial charge < -0.3 is 0 Å². The Bertz CT molecular complexity index is 1280. The molecule has 0 atom stereocenters. The number of hydrazine groups is 1. The normalized spacial score (nSPS) is 10.7. The summed E-state index contributed by atoms with van der Waals surface area (Å²) in [7, 11) is 0. The fraction of sp³-hybridized carbons (Fsp3) is 0. The predicted octanol–water partition coefficient (Wildman–Crippen LogP) is 3.38. The van der Waals surface area contributed by atoms with Crippen LogP contribution in [0.4, 0.5) is 0 Å². The van der Waals surface area contributed by atoms with E-state index in [1.807, 2.05) is 18.2 Å². The number of H-pyrrole nitrogens is 1. The number of aromatic amines is 1. The maximum atomic E-state index is 12.4. The molecule has 2 heterocycles. The van der Waals surface area contributed by atoms with Crippen molar-refractivity contribution >= 4 is 45.5 Å². The van der Waals surface area contributed by atoms with Gasteiger partial charge in [0, 0.05) is 15.3 Å². The van der Waals surface area contributed by atoms with Crippen LogP contribution in [0.3, 0.4) is 0 Å². The van der Waals surface area contributed by atoms with Gasteiger partial charge in [0.25, 0.3) is 17.4 Å². The van der Waals surface area contributed by atoms with Crippen molar-refractivity contribution in [3.63, 3.8) is 0 Å². The van der Waals surface area contributed by atoms with Gasteiger partial charge in [-0.3, -0.25) is 25.2 Å². The van der Waals surface area contributed by atoms with Gasteiger partial charge in [0.2, 0.25) is 0 Å². The molecule has 0 spiro atoms. The van der Waals surface area contributed by atoms with E-state index in [-0.39, 0.29) is 5.69 Å². The molecular formula is C20H13ClN4O3S. The molecule has 2 aromatic carbocycles. The first-order valence-corrected chi connectivity index (χ1v) is 9.66. The standard InChI is InChI=1S/C20H13ClN4O3S/c21-12-7-5-11(6-8-12)15-9-10-16(29-15)19(27)24-25-20(28)17-13-3-1-2-4-14(13)18(26)23-22-17/h1-10H,(H,23,26)(H,24,27)(H,25,28). The van der Waals surface area contributed by atoms with Crippen LogP contribution in [-0.2, 0) is 0 Å². The highest BCUT2D eigenvalue weighted by molar-refractivity contribution is 7.17. The lowest BCUT2D eigenvalue weighted by molar-refractivity contribution is 0.0846. The maximum Gasteiger partial charge on any atom is 0.290 e. The van der Waals surface area contributed by atoms with Gasteiger partial charge in [-0.05, 0) is 35.9 Å². The van der Waals surface area contributed by atoms with Gasteiger partial charge in [-0.2, -0.15) is 5.10 Å². The third-order valence-electron chi connectivity index (χ3n) is 4.16. The molecule has 0 aliphatic carbocycles. The van der Waals surface area contributed by atoms with Crippen LogP contribution in [0.2, 0.25) is 5.02 Å². The second-order valence-electron chi connectivity index (χ2n) is 6.03. The Morgan fingerprint density at radius 2 is 1.59 bits per heavy atom. The van der Waals surface area contributed by atoms with Crippen LogP contribution in [0, 0.1) is 0 Å². The molecule has 2 amide bonds. The van der Waals surface area contributed by atoms with Crippen LogP contribution in [0.5, 0.6) is 0 Å². The number of carbonyl (C=O) groups is 2. The van der Waals surface area contributed by atoms with Gasteiger partial charge in [0.05, 0.1) is 10.3 Å². The minimum atomic E-state index is -0.639. The Morgan fingerprint density at radius 1 is 0.897 bits per heavy atom. The molecule has 29 heavy (non-hydrogen) atoms. The zero-order valence-electron chi connectivity index (χ0n) is 14.7. The molecule has 4 aromatic rings. The zero-order chi connectivity index (χ0) is 20.4. The quantitative estimate of drug-likeness (QED) is 0.438. The zero-order valence-corrected chi connectivity index (χ0v) is 16.3. The molecule has 0 aliphatic rings. The minimum Gasteiger partial charge on any atom is -0.267 e. The lowest BCUT2D eigenvalue weighted by Gasteiger charge is -2.07. The molecule has 4 rings (SSSR count). The third kappa shape index (κ3) is 3.89. The Hall–Kier alpha value is -3.49. The summed E-state index contributed by atoms with van der Waals surface area (Å²) in [5, 5.41) is 7.45. The first kappa shape index (κ1) is 18.9. The van der Waals surface area contributed by atoms with Crippen molar-refractivity contribution in [1.29, 1.82) is 0 Å². The molecule has 0 saturated heterocycles. The van der Waals surface area contributed by atoms with E-state index in [2.05, 4.69) is 21.0 Å². The second kappa shape index (κ2) is 7.86. The molecule has 0 aliphatic heterocycles. The summed E-state index contributed by atoms with van der Waals surface area (Å²) in [5.74, 6) is -1.10. The monoisotopic (exact) mass is 424 g/mol. The van der Waals surface area contributed by atoms with Crippen LogP contribution in [0.25, 0.3) is 21.2 Å². The number of rotatable bonds is 3. The smallest absolute Gasteiger partial charge is 0.267 e. The van der Waals surface area contributed by atoms with Crippen LogP contribution in [0.1, 0.15) is 20.2 Å². The number of amides is 2. The lowest BCUT2D eigenvalue weighted by atomic mass is 10.1. The molecular weight excluding hydrogens is 412 g/mol. The highest BCUT2D eigenvalue weighted by Gasteiger charge is 2.16. The fourth-order valence-electron chi connectivity index (χ4n) is 2.75.